The number of aromatic nitrogens is 1. The molecular formula is C13H18N2O3S3. The van der Waals surface area contributed by atoms with Gasteiger partial charge in [-0.1, -0.05) is 13.0 Å². The summed E-state index contributed by atoms with van der Waals surface area (Å²) in [6.07, 6.45) is -0.0202. The zero-order chi connectivity index (χ0) is 15.3. The van der Waals surface area contributed by atoms with Gasteiger partial charge in [0.05, 0.1) is 22.6 Å². The summed E-state index contributed by atoms with van der Waals surface area (Å²) < 4.78 is 24.3. The normalized spacial score (nSPS) is 13.4. The summed E-state index contributed by atoms with van der Waals surface area (Å²) in [4.78, 5) is 4.40. The third-order valence-corrected chi connectivity index (χ3v) is 7.13. The Bertz CT molecular complexity index is 650. The molecule has 0 saturated carbocycles. The van der Waals surface area contributed by atoms with Crippen LogP contribution in [0.25, 0.3) is 0 Å². The van der Waals surface area contributed by atoms with Gasteiger partial charge in [0, 0.05) is 18.5 Å². The number of hydrogen-bond donors (Lipinski definition) is 2. The van der Waals surface area contributed by atoms with Crippen molar-refractivity contribution < 1.29 is 13.5 Å². The van der Waals surface area contributed by atoms with Crippen LogP contribution in [-0.4, -0.2) is 36.9 Å². The molecule has 0 aliphatic rings. The Balaban J connectivity index is 1.78. The Kier molecular flexibility index (Phi) is 5.88. The minimum Gasteiger partial charge on any atom is -0.391 e. The number of aliphatic hydroxyl groups is 1. The maximum atomic E-state index is 12.0. The molecule has 21 heavy (non-hydrogen) atoms. The van der Waals surface area contributed by atoms with E-state index in [9.17, 15) is 13.5 Å². The summed E-state index contributed by atoms with van der Waals surface area (Å²) in [5, 5.41) is 17.7. The summed E-state index contributed by atoms with van der Waals surface area (Å²) in [6, 6.07) is 3.25. The number of nitrogens with zero attached hydrogens (tertiary/aromatic N) is 1. The quantitative estimate of drug-likeness (QED) is 0.760. The van der Waals surface area contributed by atoms with Crippen LogP contribution in [-0.2, 0) is 22.8 Å². The third-order valence-electron chi connectivity index (χ3n) is 2.80. The van der Waals surface area contributed by atoms with Crippen LogP contribution in [0.5, 0.6) is 0 Å². The van der Waals surface area contributed by atoms with Gasteiger partial charge in [0.1, 0.15) is 4.21 Å². The lowest BCUT2D eigenvalue weighted by Crippen LogP contribution is -2.32. The van der Waals surface area contributed by atoms with E-state index in [-0.39, 0.29) is 12.3 Å². The molecule has 0 aliphatic carbocycles. The zero-order valence-electron chi connectivity index (χ0n) is 11.7. The second-order valence-electron chi connectivity index (χ2n) is 4.58. The highest BCUT2D eigenvalue weighted by Crippen LogP contribution is 2.18. The first-order chi connectivity index (χ1) is 10.0. The number of hydrogen-bond acceptors (Lipinski definition) is 7. The Morgan fingerprint density at radius 1 is 1.43 bits per heavy atom. The van der Waals surface area contributed by atoms with E-state index in [4.69, 9.17) is 0 Å². The van der Waals surface area contributed by atoms with Crippen molar-refractivity contribution in [1.82, 2.24) is 10.3 Å². The Hall–Kier alpha value is -0.800. The molecule has 2 aromatic rings. The summed E-state index contributed by atoms with van der Waals surface area (Å²) in [6.45, 7) is 2.81. The van der Waals surface area contributed by atoms with Gasteiger partial charge in [-0.25, -0.2) is 13.4 Å². The molecule has 0 bridgehead atoms. The fourth-order valence-electron chi connectivity index (χ4n) is 1.79. The summed E-state index contributed by atoms with van der Waals surface area (Å²) in [7, 11) is -3.40. The van der Waals surface area contributed by atoms with E-state index in [1.54, 1.807) is 28.8 Å². The van der Waals surface area contributed by atoms with Crippen LogP contribution in [0, 0.1) is 0 Å². The van der Waals surface area contributed by atoms with Gasteiger partial charge in [-0.15, -0.1) is 22.7 Å². The second kappa shape index (κ2) is 7.46. The van der Waals surface area contributed by atoms with Gasteiger partial charge in [0.25, 0.3) is 0 Å². The SMILES string of the molecule is CCc1nc(CNCC(O)CS(=O)(=O)c2cccs2)cs1. The number of rotatable bonds is 8. The molecule has 0 spiro atoms. The minimum atomic E-state index is -3.40. The van der Waals surface area contributed by atoms with Crippen LogP contribution < -0.4 is 5.32 Å². The molecule has 1 unspecified atom stereocenters. The van der Waals surface area contributed by atoms with Gasteiger partial charge in [-0.2, -0.15) is 0 Å². The Labute approximate surface area is 132 Å². The molecule has 0 amide bonds. The number of sulfone groups is 1. The summed E-state index contributed by atoms with van der Waals surface area (Å²) in [5.41, 5.74) is 0.921. The molecule has 1 atom stereocenters. The fourth-order valence-corrected chi connectivity index (χ4v) is 5.02. The molecule has 0 radical (unpaired) electrons. The van der Waals surface area contributed by atoms with Gasteiger partial charge in [0.2, 0.25) is 0 Å². The van der Waals surface area contributed by atoms with Crippen molar-refractivity contribution in [2.45, 2.75) is 30.2 Å². The van der Waals surface area contributed by atoms with Gasteiger partial charge >= 0.3 is 0 Å². The average molecular weight is 346 g/mol. The first kappa shape index (κ1) is 16.6. The smallest absolute Gasteiger partial charge is 0.190 e. The lowest BCUT2D eigenvalue weighted by molar-refractivity contribution is 0.193. The van der Waals surface area contributed by atoms with E-state index < -0.39 is 15.9 Å². The highest BCUT2D eigenvalue weighted by atomic mass is 32.2. The standard InChI is InChI=1S/C13H18N2O3S3/c1-2-12-15-10(8-20-12)6-14-7-11(16)9-21(17,18)13-4-3-5-19-13/h3-5,8,11,14,16H,2,6-7,9H2,1H3. The van der Waals surface area contributed by atoms with E-state index in [1.165, 1.54) is 11.3 Å². The average Bonchev–Trinajstić information content (AvgIpc) is 3.09. The number of aliphatic hydroxyl groups excluding tert-OH is 1. The molecule has 2 N–H and O–H groups in total. The predicted molar refractivity (Wildman–Crippen MR) is 85.6 cm³/mol. The number of thiophene rings is 1. The van der Waals surface area contributed by atoms with Crippen molar-refractivity contribution in [2.75, 3.05) is 12.3 Å². The summed E-state index contributed by atoms with van der Waals surface area (Å²) in [5.74, 6) is -0.266. The van der Waals surface area contributed by atoms with Crippen LogP contribution >= 0.6 is 22.7 Å². The lowest BCUT2D eigenvalue weighted by atomic mass is 10.4. The topological polar surface area (TPSA) is 79.3 Å². The van der Waals surface area contributed by atoms with Gasteiger partial charge in [-0.05, 0) is 17.9 Å². The maximum Gasteiger partial charge on any atom is 0.190 e. The number of thiazole rings is 1. The van der Waals surface area contributed by atoms with E-state index in [0.717, 1.165) is 17.1 Å². The van der Waals surface area contributed by atoms with Gasteiger partial charge in [-0.3, -0.25) is 0 Å². The fraction of sp³-hybridized carbons (Fsp3) is 0.462. The van der Waals surface area contributed by atoms with E-state index in [2.05, 4.69) is 17.2 Å². The van der Waals surface area contributed by atoms with Crippen molar-refractivity contribution in [3.63, 3.8) is 0 Å². The Morgan fingerprint density at radius 3 is 2.86 bits per heavy atom. The van der Waals surface area contributed by atoms with Crippen LogP contribution in [0.15, 0.2) is 27.1 Å². The highest BCUT2D eigenvalue weighted by Gasteiger charge is 2.20. The molecule has 116 valence electrons. The molecule has 2 aromatic heterocycles. The molecular weight excluding hydrogens is 328 g/mol. The monoisotopic (exact) mass is 346 g/mol. The minimum absolute atomic E-state index is 0.226. The van der Waals surface area contributed by atoms with Crippen LogP contribution in [0.1, 0.15) is 17.6 Å². The molecule has 0 fully saturated rings. The van der Waals surface area contributed by atoms with E-state index in [0.29, 0.717) is 10.8 Å². The molecule has 0 aromatic carbocycles. The molecule has 2 heterocycles. The first-order valence-corrected chi connectivity index (χ1v) is 10.0. The first-order valence-electron chi connectivity index (χ1n) is 6.59. The zero-order valence-corrected chi connectivity index (χ0v) is 14.1. The Morgan fingerprint density at radius 2 is 2.24 bits per heavy atom. The van der Waals surface area contributed by atoms with Crippen LogP contribution in [0.2, 0.25) is 0 Å². The van der Waals surface area contributed by atoms with E-state index >= 15 is 0 Å². The van der Waals surface area contributed by atoms with Crippen molar-refractivity contribution >= 4 is 32.5 Å². The molecule has 8 heteroatoms. The van der Waals surface area contributed by atoms with Gasteiger partial charge < -0.3 is 10.4 Å². The van der Waals surface area contributed by atoms with Crippen molar-refractivity contribution in [3.05, 3.63) is 33.6 Å². The third kappa shape index (κ3) is 4.86. The van der Waals surface area contributed by atoms with Gasteiger partial charge in [0.15, 0.2) is 9.84 Å². The van der Waals surface area contributed by atoms with E-state index in [1.807, 2.05) is 5.38 Å². The number of aryl methyl sites for hydroxylation is 1. The maximum absolute atomic E-state index is 12.0. The largest absolute Gasteiger partial charge is 0.391 e. The molecule has 5 nitrogen and oxygen atoms in total. The number of nitrogens with one attached hydrogen (secondary N) is 1. The lowest BCUT2D eigenvalue weighted by Gasteiger charge is -2.11. The summed E-state index contributed by atoms with van der Waals surface area (Å²) >= 11 is 2.78. The second-order valence-corrected chi connectivity index (χ2v) is 8.74. The van der Waals surface area contributed by atoms with Crippen LogP contribution in [0.4, 0.5) is 0 Å². The highest BCUT2D eigenvalue weighted by molar-refractivity contribution is 7.93. The van der Waals surface area contributed by atoms with Crippen molar-refractivity contribution in [1.29, 1.82) is 0 Å². The van der Waals surface area contributed by atoms with Crippen LogP contribution in [0.3, 0.4) is 0 Å². The molecule has 2 rings (SSSR count). The van der Waals surface area contributed by atoms with Crippen molar-refractivity contribution in [2.24, 2.45) is 0 Å². The van der Waals surface area contributed by atoms with Crippen molar-refractivity contribution in [3.8, 4) is 0 Å². The predicted octanol–water partition coefficient (Wildman–Crippen LogP) is 1.69. The molecule has 0 aliphatic heterocycles. The molecule has 0 saturated heterocycles.